The van der Waals surface area contributed by atoms with E-state index in [2.05, 4.69) is 26.8 Å². The van der Waals surface area contributed by atoms with Crippen molar-refractivity contribution in [3.05, 3.63) is 35.8 Å². The Bertz CT molecular complexity index is 610. The van der Waals surface area contributed by atoms with Gasteiger partial charge < -0.3 is 9.15 Å². The van der Waals surface area contributed by atoms with Gasteiger partial charge in [0.15, 0.2) is 0 Å². The molecule has 3 nitrogen and oxygen atoms in total. The number of esters is 1. The fraction of sp³-hybridized carbons (Fsp3) is 0.611. The highest BCUT2D eigenvalue weighted by atomic mass is 16.6. The Morgan fingerprint density at radius 1 is 1.24 bits per heavy atom. The van der Waals surface area contributed by atoms with Gasteiger partial charge in [-0.2, -0.15) is 0 Å². The third-order valence-corrected chi connectivity index (χ3v) is 5.98. The third kappa shape index (κ3) is 1.63. The molecule has 2 heterocycles. The van der Waals surface area contributed by atoms with Crippen LogP contribution in [0.4, 0.5) is 0 Å². The zero-order valence-corrected chi connectivity index (χ0v) is 12.9. The summed E-state index contributed by atoms with van der Waals surface area (Å²) in [5, 5.41) is 0. The Hall–Kier alpha value is -1.51. The molecule has 0 spiro atoms. The second-order valence-corrected chi connectivity index (χ2v) is 7.66. The second-order valence-electron chi connectivity index (χ2n) is 7.66. The molecule has 0 radical (unpaired) electrons. The summed E-state index contributed by atoms with van der Waals surface area (Å²) in [5.41, 5.74) is 1.74. The molecule has 21 heavy (non-hydrogen) atoms. The molecule has 4 atom stereocenters. The van der Waals surface area contributed by atoms with Crippen LogP contribution in [0.15, 0.2) is 34.5 Å². The number of rotatable bonds is 1. The van der Waals surface area contributed by atoms with Gasteiger partial charge in [-0.05, 0) is 41.9 Å². The van der Waals surface area contributed by atoms with Crippen LogP contribution in [0, 0.1) is 16.7 Å². The summed E-state index contributed by atoms with van der Waals surface area (Å²) in [6.07, 6.45) is 7.37. The molecule has 1 saturated carbocycles. The average molecular weight is 286 g/mol. The van der Waals surface area contributed by atoms with Crippen molar-refractivity contribution in [1.29, 1.82) is 0 Å². The summed E-state index contributed by atoms with van der Waals surface area (Å²) in [4.78, 5) is 12.4. The maximum Gasteiger partial charge on any atom is 0.317 e. The van der Waals surface area contributed by atoms with Gasteiger partial charge in [0.05, 0.1) is 6.26 Å². The maximum absolute atomic E-state index is 12.4. The first-order valence-corrected chi connectivity index (χ1v) is 7.90. The molecule has 0 aromatic carbocycles. The van der Waals surface area contributed by atoms with Crippen LogP contribution in [0.1, 0.15) is 51.7 Å². The Balaban J connectivity index is 1.80. The minimum absolute atomic E-state index is 0.0516. The van der Waals surface area contributed by atoms with Crippen molar-refractivity contribution in [3.8, 4) is 0 Å². The lowest BCUT2D eigenvalue weighted by atomic mass is 9.57. The monoisotopic (exact) mass is 286 g/mol. The summed E-state index contributed by atoms with van der Waals surface area (Å²) >= 11 is 0. The smallest absolute Gasteiger partial charge is 0.317 e. The number of fused-ring (bicyclic) bond motifs is 3. The van der Waals surface area contributed by atoms with Gasteiger partial charge in [-0.25, -0.2) is 0 Å². The molecular formula is C18H22O3. The fourth-order valence-corrected chi connectivity index (χ4v) is 5.11. The number of ether oxygens (including phenoxy) is 1. The average Bonchev–Trinajstić information content (AvgIpc) is 3.05. The molecule has 2 fully saturated rings. The van der Waals surface area contributed by atoms with Gasteiger partial charge >= 0.3 is 5.97 Å². The number of hydrogen-bond acceptors (Lipinski definition) is 3. The molecule has 0 N–H and O–H groups in total. The van der Waals surface area contributed by atoms with Crippen LogP contribution >= 0.6 is 0 Å². The first kappa shape index (κ1) is 13.2. The highest BCUT2D eigenvalue weighted by molar-refractivity contribution is 5.81. The minimum atomic E-state index is -0.252. The normalized spacial score (nSPS) is 40.4. The number of hydrogen-bond donors (Lipinski definition) is 0. The van der Waals surface area contributed by atoms with Gasteiger partial charge in [0.1, 0.15) is 17.8 Å². The van der Waals surface area contributed by atoms with Gasteiger partial charge in [0, 0.05) is 5.92 Å². The Labute approximate surface area is 125 Å². The fourth-order valence-electron chi connectivity index (χ4n) is 5.11. The molecule has 0 bridgehead atoms. The van der Waals surface area contributed by atoms with Crippen LogP contribution < -0.4 is 0 Å². The van der Waals surface area contributed by atoms with Crippen LogP contribution in [-0.2, 0) is 9.53 Å². The van der Waals surface area contributed by atoms with E-state index in [0.717, 1.165) is 12.2 Å². The highest BCUT2D eigenvalue weighted by Crippen LogP contribution is 2.64. The van der Waals surface area contributed by atoms with E-state index in [1.165, 1.54) is 18.4 Å². The largest absolute Gasteiger partial charge is 0.468 e. The Morgan fingerprint density at radius 3 is 2.76 bits per heavy atom. The van der Waals surface area contributed by atoms with E-state index in [0.29, 0.717) is 0 Å². The predicted octanol–water partition coefficient (Wildman–Crippen LogP) is 4.06. The molecule has 112 valence electrons. The molecule has 1 aromatic rings. The molecule has 3 aliphatic rings. The summed E-state index contributed by atoms with van der Waals surface area (Å²) in [6, 6.07) is 3.76. The van der Waals surface area contributed by atoms with Crippen molar-refractivity contribution in [2.45, 2.75) is 52.1 Å². The molecule has 1 aromatic heterocycles. The number of carbonyl (C=O) groups excluding carboxylic acids is 1. The standard InChI is InChI=1S/C18H22O3/c1-17(2)7-5-8-18(3)13(17)10-12-15(18)14(16(19)21-12)11-6-4-9-20-11/h4,6,9-10,12,14-15H,5,7-8H2,1-3H3/t12-,14-,15+,18+/m1/s1. The zero-order valence-electron chi connectivity index (χ0n) is 12.9. The summed E-state index contributed by atoms with van der Waals surface area (Å²) < 4.78 is 11.2. The lowest BCUT2D eigenvalue weighted by Gasteiger charge is -2.46. The SMILES string of the molecule is CC1(C)CCC[C@@]2(C)C1=C[C@H]1OC(=O)[C@H](c3ccco3)[C@H]12. The second kappa shape index (κ2) is 4.02. The van der Waals surface area contributed by atoms with E-state index < -0.39 is 0 Å². The van der Waals surface area contributed by atoms with Gasteiger partial charge in [0.2, 0.25) is 0 Å². The zero-order chi connectivity index (χ0) is 14.8. The van der Waals surface area contributed by atoms with Crippen molar-refractivity contribution in [2.24, 2.45) is 16.7 Å². The molecular weight excluding hydrogens is 264 g/mol. The molecule has 0 amide bonds. The number of furan rings is 1. The first-order chi connectivity index (χ1) is 9.93. The Morgan fingerprint density at radius 2 is 2.05 bits per heavy atom. The van der Waals surface area contributed by atoms with Gasteiger partial charge in [0.25, 0.3) is 0 Å². The maximum atomic E-state index is 12.4. The van der Waals surface area contributed by atoms with E-state index in [9.17, 15) is 4.79 Å². The van der Waals surface area contributed by atoms with Gasteiger partial charge in [-0.15, -0.1) is 0 Å². The van der Waals surface area contributed by atoms with E-state index in [1.807, 2.05) is 12.1 Å². The van der Waals surface area contributed by atoms with Crippen LogP contribution in [0.3, 0.4) is 0 Å². The van der Waals surface area contributed by atoms with Crippen LogP contribution in [0.5, 0.6) is 0 Å². The van der Waals surface area contributed by atoms with Crippen molar-refractivity contribution < 1.29 is 13.9 Å². The van der Waals surface area contributed by atoms with Crippen molar-refractivity contribution >= 4 is 5.97 Å². The quantitative estimate of drug-likeness (QED) is 0.577. The molecule has 0 unspecified atom stereocenters. The van der Waals surface area contributed by atoms with Crippen LogP contribution in [0.25, 0.3) is 0 Å². The van der Waals surface area contributed by atoms with Crippen molar-refractivity contribution in [1.82, 2.24) is 0 Å². The van der Waals surface area contributed by atoms with Crippen LogP contribution in [0.2, 0.25) is 0 Å². The highest BCUT2D eigenvalue weighted by Gasteiger charge is 2.61. The lowest BCUT2D eigenvalue weighted by molar-refractivity contribution is -0.141. The Kier molecular flexibility index (Phi) is 2.52. The topological polar surface area (TPSA) is 39.4 Å². The molecule has 1 aliphatic heterocycles. The molecule has 3 heteroatoms. The van der Waals surface area contributed by atoms with E-state index in [4.69, 9.17) is 9.15 Å². The molecule has 2 aliphatic carbocycles. The molecule has 1 saturated heterocycles. The minimum Gasteiger partial charge on any atom is -0.468 e. The van der Waals surface area contributed by atoms with Crippen LogP contribution in [-0.4, -0.2) is 12.1 Å². The van der Waals surface area contributed by atoms with Gasteiger partial charge in [-0.3, -0.25) is 4.79 Å². The van der Waals surface area contributed by atoms with E-state index >= 15 is 0 Å². The summed E-state index contributed by atoms with van der Waals surface area (Å²) in [7, 11) is 0. The lowest BCUT2D eigenvalue weighted by Crippen LogP contribution is -2.39. The predicted molar refractivity (Wildman–Crippen MR) is 78.6 cm³/mol. The van der Waals surface area contributed by atoms with E-state index in [-0.39, 0.29) is 34.7 Å². The number of carbonyl (C=O) groups is 1. The summed E-state index contributed by atoms with van der Waals surface area (Å²) in [5.74, 6) is 0.565. The molecule has 4 rings (SSSR count). The van der Waals surface area contributed by atoms with E-state index in [1.54, 1.807) is 6.26 Å². The number of allylic oxidation sites excluding steroid dienone is 1. The van der Waals surface area contributed by atoms with Crippen molar-refractivity contribution in [2.75, 3.05) is 0 Å². The summed E-state index contributed by atoms with van der Waals surface area (Å²) in [6.45, 7) is 6.96. The first-order valence-electron chi connectivity index (χ1n) is 7.90. The third-order valence-electron chi connectivity index (χ3n) is 5.98. The van der Waals surface area contributed by atoms with Crippen molar-refractivity contribution in [3.63, 3.8) is 0 Å². The van der Waals surface area contributed by atoms with Gasteiger partial charge in [-0.1, -0.05) is 32.8 Å².